The fourth-order valence-corrected chi connectivity index (χ4v) is 2.08. The van der Waals surface area contributed by atoms with E-state index in [4.69, 9.17) is 4.74 Å². The lowest BCUT2D eigenvalue weighted by molar-refractivity contribution is -0.112. The largest absolute Gasteiger partial charge is 0.437 e. The average molecular weight is 269 g/mol. The number of fused-ring (bicyclic) bond motifs is 1. The van der Waals surface area contributed by atoms with Crippen molar-refractivity contribution in [2.45, 2.75) is 19.9 Å². The molecule has 0 spiro atoms. The summed E-state index contributed by atoms with van der Waals surface area (Å²) in [5.74, 6) is 0.679. The Balaban J connectivity index is 1.89. The normalized spacial score (nSPS) is 16.9. The number of nitrogens with zero attached hydrogens (tertiary/aromatic N) is 1. The van der Waals surface area contributed by atoms with E-state index in [1.165, 1.54) is 6.08 Å². The van der Waals surface area contributed by atoms with Crippen molar-refractivity contribution < 1.29 is 9.53 Å². The van der Waals surface area contributed by atoms with Crippen LogP contribution in [0.5, 0.6) is 0 Å². The monoisotopic (exact) mass is 269 g/mol. The Morgan fingerprint density at radius 2 is 2.30 bits per heavy atom. The first-order valence-electron chi connectivity index (χ1n) is 6.47. The molecule has 0 saturated heterocycles. The summed E-state index contributed by atoms with van der Waals surface area (Å²) >= 11 is 0. The highest BCUT2D eigenvalue weighted by atomic mass is 16.5. The molecule has 0 unspecified atom stereocenters. The van der Waals surface area contributed by atoms with Crippen molar-refractivity contribution in [2.75, 3.05) is 0 Å². The number of carbonyl (C=O) groups is 1. The van der Waals surface area contributed by atoms with Crippen LogP contribution < -0.4 is 5.32 Å². The number of ketones is 1. The molecule has 0 aliphatic carbocycles. The number of nitrogens with one attached hydrogen (secondary N) is 2. The predicted molar refractivity (Wildman–Crippen MR) is 76.5 cm³/mol. The van der Waals surface area contributed by atoms with Gasteiger partial charge in [-0.1, -0.05) is 0 Å². The Morgan fingerprint density at radius 1 is 1.45 bits per heavy atom. The summed E-state index contributed by atoms with van der Waals surface area (Å²) in [5, 5.41) is 4.04. The molecule has 0 amide bonds. The lowest BCUT2D eigenvalue weighted by atomic mass is 10.2. The molecule has 5 nitrogen and oxygen atoms in total. The molecule has 3 rings (SSSR count). The molecule has 102 valence electrons. The number of pyridine rings is 1. The highest BCUT2D eigenvalue weighted by Gasteiger charge is 2.21. The summed E-state index contributed by atoms with van der Waals surface area (Å²) in [4.78, 5) is 19.2. The van der Waals surface area contributed by atoms with Crippen LogP contribution in [-0.2, 0) is 9.53 Å². The molecule has 20 heavy (non-hydrogen) atoms. The standard InChI is InChI=1S/C15H15N3O2/c1-9(2)18-14-7-12(19)13(20-14)6-10-8-17-15-11(10)4-3-5-16-15/h3-9,18H,1-2H3,(H,16,17)/b13-6-. The number of hydrogen-bond acceptors (Lipinski definition) is 4. The van der Waals surface area contributed by atoms with E-state index in [2.05, 4.69) is 15.3 Å². The summed E-state index contributed by atoms with van der Waals surface area (Å²) in [6, 6.07) is 4.02. The van der Waals surface area contributed by atoms with E-state index in [1.54, 1.807) is 12.3 Å². The molecule has 0 bridgehead atoms. The van der Waals surface area contributed by atoms with E-state index < -0.39 is 0 Å². The SMILES string of the molecule is CC(C)NC1=CC(=O)/C(=C/c2c[nH]c3ncccc23)O1. The van der Waals surface area contributed by atoms with Gasteiger partial charge in [0.2, 0.25) is 5.78 Å². The van der Waals surface area contributed by atoms with Crippen molar-refractivity contribution in [3.8, 4) is 0 Å². The van der Waals surface area contributed by atoms with Crippen LogP contribution in [0.1, 0.15) is 19.4 Å². The van der Waals surface area contributed by atoms with Crippen molar-refractivity contribution >= 4 is 22.9 Å². The Bertz CT molecular complexity index is 726. The molecule has 2 N–H and O–H groups in total. The Morgan fingerprint density at radius 3 is 3.10 bits per heavy atom. The molecule has 0 saturated carbocycles. The van der Waals surface area contributed by atoms with Gasteiger partial charge in [-0.25, -0.2) is 4.98 Å². The van der Waals surface area contributed by atoms with Gasteiger partial charge in [0.05, 0.1) is 0 Å². The fraction of sp³-hybridized carbons (Fsp3) is 0.200. The second-order valence-corrected chi connectivity index (χ2v) is 4.93. The minimum Gasteiger partial charge on any atom is -0.437 e. The molecule has 0 aromatic carbocycles. The minimum absolute atomic E-state index is 0.133. The van der Waals surface area contributed by atoms with Gasteiger partial charge in [-0.2, -0.15) is 0 Å². The number of H-pyrrole nitrogens is 1. The number of ether oxygens (including phenoxy) is 1. The smallest absolute Gasteiger partial charge is 0.226 e. The zero-order chi connectivity index (χ0) is 14.1. The Hall–Kier alpha value is -2.56. The quantitative estimate of drug-likeness (QED) is 0.839. The third-order valence-electron chi connectivity index (χ3n) is 2.93. The molecular weight excluding hydrogens is 254 g/mol. The van der Waals surface area contributed by atoms with E-state index in [-0.39, 0.29) is 11.8 Å². The number of hydrogen-bond donors (Lipinski definition) is 2. The van der Waals surface area contributed by atoms with Gasteiger partial charge in [-0.05, 0) is 32.1 Å². The van der Waals surface area contributed by atoms with Gasteiger partial charge in [0, 0.05) is 35.5 Å². The maximum absolute atomic E-state index is 11.9. The van der Waals surface area contributed by atoms with Crippen LogP contribution >= 0.6 is 0 Å². The highest BCUT2D eigenvalue weighted by molar-refractivity contribution is 6.08. The minimum atomic E-state index is -0.133. The van der Waals surface area contributed by atoms with Crippen LogP contribution in [0.4, 0.5) is 0 Å². The summed E-state index contributed by atoms with van der Waals surface area (Å²) in [5.41, 5.74) is 1.67. The third-order valence-corrected chi connectivity index (χ3v) is 2.93. The van der Waals surface area contributed by atoms with Crippen LogP contribution in [0, 0.1) is 0 Å². The van der Waals surface area contributed by atoms with Gasteiger partial charge in [0.15, 0.2) is 11.6 Å². The maximum atomic E-state index is 11.9. The number of rotatable bonds is 3. The lowest BCUT2D eigenvalue weighted by Crippen LogP contribution is -2.21. The molecular formula is C15H15N3O2. The Kier molecular flexibility index (Phi) is 3.02. The first-order valence-corrected chi connectivity index (χ1v) is 6.47. The molecule has 0 fully saturated rings. The lowest BCUT2D eigenvalue weighted by Gasteiger charge is -2.09. The van der Waals surface area contributed by atoms with Crippen molar-refractivity contribution in [3.63, 3.8) is 0 Å². The van der Waals surface area contributed by atoms with E-state index in [0.29, 0.717) is 11.6 Å². The Labute approximate surface area is 116 Å². The summed E-state index contributed by atoms with van der Waals surface area (Å²) in [6.45, 7) is 3.98. The van der Waals surface area contributed by atoms with Gasteiger partial charge in [0.25, 0.3) is 0 Å². The van der Waals surface area contributed by atoms with Crippen LogP contribution in [0.2, 0.25) is 0 Å². The van der Waals surface area contributed by atoms with Crippen LogP contribution in [0.25, 0.3) is 17.1 Å². The van der Waals surface area contributed by atoms with E-state index in [0.717, 1.165) is 16.6 Å². The zero-order valence-corrected chi connectivity index (χ0v) is 11.3. The summed E-state index contributed by atoms with van der Waals surface area (Å²) < 4.78 is 5.53. The van der Waals surface area contributed by atoms with Crippen LogP contribution in [0.3, 0.4) is 0 Å². The summed E-state index contributed by atoms with van der Waals surface area (Å²) in [7, 11) is 0. The van der Waals surface area contributed by atoms with Crippen LogP contribution in [0.15, 0.2) is 42.2 Å². The average Bonchev–Trinajstić information content (AvgIpc) is 2.95. The number of allylic oxidation sites excluding steroid dienone is 1. The first-order chi connectivity index (χ1) is 9.63. The van der Waals surface area contributed by atoms with Crippen molar-refractivity contribution in [1.29, 1.82) is 0 Å². The maximum Gasteiger partial charge on any atom is 0.226 e. The molecule has 0 radical (unpaired) electrons. The molecule has 2 aromatic heterocycles. The fourth-order valence-electron chi connectivity index (χ4n) is 2.08. The molecule has 5 heteroatoms. The molecule has 0 atom stereocenters. The van der Waals surface area contributed by atoms with Crippen molar-refractivity contribution in [3.05, 3.63) is 47.8 Å². The number of carbonyl (C=O) groups excluding carboxylic acids is 1. The van der Waals surface area contributed by atoms with Gasteiger partial charge in [-0.3, -0.25) is 4.79 Å². The van der Waals surface area contributed by atoms with Crippen molar-refractivity contribution in [2.24, 2.45) is 0 Å². The first kappa shape index (κ1) is 12.5. The van der Waals surface area contributed by atoms with E-state index in [9.17, 15) is 4.79 Å². The highest BCUT2D eigenvalue weighted by Crippen LogP contribution is 2.23. The zero-order valence-electron chi connectivity index (χ0n) is 11.3. The second-order valence-electron chi connectivity index (χ2n) is 4.93. The molecule has 1 aliphatic rings. The van der Waals surface area contributed by atoms with Gasteiger partial charge < -0.3 is 15.0 Å². The van der Waals surface area contributed by atoms with E-state index >= 15 is 0 Å². The number of aromatic amines is 1. The van der Waals surface area contributed by atoms with E-state index in [1.807, 2.05) is 32.2 Å². The van der Waals surface area contributed by atoms with Crippen LogP contribution in [-0.4, -0.2) is 21.8 Å². The second kappa shape index (κ2) is 4.85. The molecule has 3 heterocycles. The summed E-state index contributed by atoms with van der Waals surface area (Å²) in [6.07, 6.45) is 6.74. The number of aromatic nitrogens is 2. The molecule has 1 aliphatic heterocycles. The third kappa shape index (κ3) is 2.30. The molecule has 2 aromatic rings. The topological polar surface area (TPSA) is 67.0 Å². The predicted octanol–water partition coefficient (Wildman–Crippen LogP) is 2.34. The van der Waals surface area contributed by atoms with Gasteiger partial charge in [0.1, 0.15) is 5.65 Å². The van der Waals surface area contributed by atoms with Crippen molar-refractivity contribution in [1.82, 2.24) is 15.3 Å². The van der Waals surface area contributed by atoms with Gasteiger partial charge in [-0.15, -0.1) is 0 Å². The van der Waals surface area contributed by atoms with Gasteiger partial charge >= 0.3 is 0 Å².